The van der Waals surface area contributed by atoms with Crippen LogP contribution in [0.5, 0.6) is 0 Å². The molecule has 15 heavy (non-hydrogen) atoms. The second kappa shape index (κ2) is 15.5. The van der Waals surface area contributed by atoms with Crippen LogP contribution in [-0.2, 0) is 17.4 Å². The van der Waals surface area contributed by atoms with Gasteiger partial charge in [0.05, 0.1) is 6.26 Å². The summed E-state index contributed by atoms with van der Waals surface area (Å²) >= 11 is 9.17. The van der Waals surface area contributed by atoms with Crippen LogP contribution in [-0.4, -0.2) is 4.38 Å². The Labute approximate surface area is 147 Å². The first kappa shape index (κ1) is 18.8. The molecule has 0 amide bonds. The Hall–Kier alpha value is 1.49. The first-order valence-corrected chi connectivity index (χ1v) is 6.11. The van der Waals surface area contributed by atoms with Crippen molar-refractivity contribution in [1.82, 2.24) is 0 Å². The van der Waals surface area contributed by atoms with Gasteiger partial charge in [-0.15, -0.1) is 0 Å². The van der Waals surface area contributed by atoms with Gasteiger partial charge in [0.2, 0.25) is 0 Å². The van der Waals surface area contributed by atoms with Crippen LogP contribution in [0.15, 0.2) is 12.3 Å². The van der Waals surface area contributed by atoms with Gasteiger partial charge in [-0.1, -0.05) is 39.0 Å². The second-order valence-corrected chi connectivity index (χ2v) is 4.30. The van der Waals surface area contributed by atoms with Crippen molar-refractivity contribution >= 4 is 29.2 Å². The average Bonchev–Trinajstić information content (AvgIpc) is 2.15. The van der Waals surface area contributed by atoms with Crippen molar-refractivity contribution in [1.29, 1.82) is 0 Å². The molecule has 0 rings (SSSR count). The second-order valence-electron chi connectivity index (χ2n) is 3.30. The molecule has 1 nitrogen and oxygen atoms in total. The van der Waals surface area contributed by atoms with E-state index in [4.69, 9.17) is 4.74 Å². The quantitative estimate of drug-likeness (QED) is 0.215. The molecule has 0 spiro atoms. The molecular weight excluding hydrogens is 251 g/mol. The Balaban J connectivity index is 0. The van der Waals surface area contributed by atoms with Crippen molar-refractivity contribution < 1.29 is 56.1 Å². The Kier molecular flexibility index (Phi) is 19.5. The van der Waals surface area contributed by atoms with Gasteiger partial charge in [-0.3, -0.25) is 0 Å². The maximum absolute atomic E-state index is 4.85. The third-order valence-corrected chi connectivity index (χ3v) is 2.18. The van der Waals surface area contributed by atoms with Crippen molar-refractivity contribution in [3.05, 3.63) is 12.3 Å². The van der Waals surface area contributed by atoms with Gasteiger partial charge in [-0.05, 0) is 18.9 Å². The van der Waals surface area contributed by atoms with Crippen molar-refractivity contribution in [2.24, 2.45) is 0 Å². The SMILES string of the molecule is CCCCCCCCC=COC(=S)[S-].[K+]. The summed E-state index contributed by atoms with van der Waals surface area (Å²) in [6, 6.07) is 0. The van der Waals surface area contributed by atoms with Crippen LogP contribution in [0.2, 0.25) is 0 Å². The van der Waals surface area contributed by atoms with Gasteiger partial charge < -0.3 is 29.6 Å². The molecule has 0 atom stereocenters. The van der Waals surface area contributed by atoms with E-state index in [1.54, 1.807) is 6.26 Å². The maximum Gasteiger partial charge on any atom is 1.00 e. The Morgan fingerprint density at radius 2 is 1.80 bits per heavy atom. The number of allylic oxidation sites excluding steroid dienone is 1. The van der Waals surface area contributed by atoms with E-state index in [0.29, 0.717) is 0 Å². The first-order chi connectivity index (χ1) is 6.77. The van der Waals surface area contributed by atoms with Gasteiger partial charge in [0, 0.05) is 4.38 Å². The van der Waals surface area contributed by atoms with E-state index in [0.717, 1.165) is 6.42 Å². The zero-order valence-corrected chi connectivity index (χ0v) is 14.6. The van der Waals surface area contributed by atoms with Crippen LogP contribution in [0.4, 0.5) is 0 Å². The van der Waals surface area contributed by atoms with Gasteiger partial charge >= 0.3 is 51.4 Å². The van der Waals surface area contributed by atoms with E-state index in [1.807, 2.05) is 6.08 Å². The van der Waals surface area contributed by atoms with Gasteiger partial charge in [0.15, 0.2) is 0 Å². The molecule has 0 aliphatic rings. The Bertz CT molecular complexity index is 172. The number of hydrogen-bond acceptors (Lipinski definition) is 3. The van der Waals surface area contributed by atoms with Crippen molar-refractivity contribution in [3.63, 3.8) is 0 Å². The number of thiocarbonyl (C=S) groups is 1. The molecule has 0 radical (unpaired) electrons. The van der Waals surface area contributed by atoms with E-state index in [9.17, 15) is 0 Å². The molecule has 0 bridgehead atoms. The molecule has 4 heteroatoms. The molecule has 0 heterocycles. The molecule has 0 aromatic carbocycles. The fourth-order valence-electron chi connectivity index (χ4n) is 1.21. The minimum Gasteiger partial charge on any atom is -0.485 e. The van der Waals surface area contributed by atoms with Crippen LogP contribution in [0.1, 0.15) is 51.9 Å². The van der Waals surface area contributed by atoms with E-state index < -0.39 is 0 Å². The summed E-state index contributed by atoms with van der Waals surface area (Å²) in [7, 11) is 0. The fraction of sp³-hybridized carbons (Fsp3) is 0.727. The predicted octanol–water partition coefficient (Wildman–Crippen LogP) is 1.10. The van der Waals surface area contributed by atoms with Crippen LogP contribution in [0, 0.1) is 0 Å². The summed E-state index contributed by atoms with van der Waals surface area (Å²) in [4.78, 5) is 0. The van der Waals surface area contributed by atoms with Crippen molar-refractivity contribution in [2.75, 3.05) is 0 Å². The molecule has 0 saturated carbocycles. The molecule has 0 aliphatic carbocycles. The van der Waals surface area contributed by atoms with Gasteiger partial charge in [-0.2, -0.15) is 0 Å². The first-order valence-electron chi connectivity index (χ1n) is 5.30. The molecule has 0 aromatic rings. The summed E-state index contributed by atoms with van der Waals surface area (Å²) in [6.07, 6.45) is 12.6. The third-order valence-electron chi connectivity index (χ3n) is 1.98. The summed E-state index contributed by atoms with van der Waals surface area (Å²) in [5.41, 5.74) is 0. The standard InChI is InChI=1S/C11H20OS2.K/c1-2-3-4-5-6-7-8-9-10-12-11(13)14;/h9-10H,2-8H2,1H3,(H,13,14);/q;+1/p-1. The molecule has 82 valence electrons. The van der Waals surface area contributed by atoms with Gasteiger partial charge in [-0.25, -0.2) is 0 Å². The monoisotopic (exact) mass is 270 g/mol. The van der Waals surface area contributed by atoms with E-state index in [1.165, 1.54) is 38.5 Å². The Morgan fingerprint density at radius 3 is 2.40 bits per heavy atom. The fourth-order valence-corrected chi connectivity index (χ4v) is 1.33. The molecule has 0 saturated heterocycles. The molecule has 0 N–H and O–H groups in total. The maximum atomic E-state index is 4.85. The summed E-state index contributed by atoms with van der Waals surface area (Å²) in [6.45, 7) is 2.23. The largest absolute Gasteiger partial charge is 1.00 e. The summed E-state index contributed by atoms with van der Waals surface area (Å²) in [5, 5.41) is 0. The summed E-state index contributed by atoms with van der Waals surface area (Å²) in [5.74, 6) is 0. The molecule has 0 aromatic heterocycles. The molecule has 0 fully saturated rings. The van der Waals surface area contributed by atoms with Crippen LogP contribution in [0.3, 0.4) is 0 Å². The minimum absolute atomic E-state index is 0. The molecule has 0 aliphatic heterocycles. The van der Waals surface area contributed by atoms with Crippen LogP contribution in [0.25, 0.3) is 0 Å². The predicted molar refractivity (Wildman–Crippen MR) is 68.2 cm³/mol. The zero-order valence-electron chi connectivity index (χ0n) is 9.83. The van der Waals surface area contributed by atoms with E-state index in [2.05, 4.69) is 31.8 Å². The van der Waals surface area contributed by atoms with E-state index >= 15 is 0 Å². The normalized spacial score (nSPS) is 9.93. The third kappa shape index (κ3) is 18.1. The van der Waals surface area contributed by atoms with E-state index in [-0.39, 0.29) is 55.8 Å². The Morgan fingerprint density at radius 1 is 1.20 bits per heavy atom. The average molecular weight is 271 g/mol. The van der Waals surface area contributed by atoms with Crippen molar-refractivity contribution in [3.8, 4) is 0 Å². The smallest absolute Gasteiger partial charge is 0.485 e. The van der Waals surface area contributed by atoms with Crippen molar-refractivity contribution in [2.45, 2.75) is 51.9 Å². The van der Waals surface area contributed by atoms with Crippen LogP contribution >= 0.6 is 12.2 Å². The number of ether oxygens (including phenoxy) is 1. The zero-order chi connectivity index (χ0) is 10.6. The minimum atomic E-state index is 0. The molecule has 0 unspecified atom stereocenters. The number of unbranched alkanes of at least 4 members (excludes halogenated alkanes) is 6. The topological polar surface area (TPSA) is 9.23 Å². The number of rotatable bonds is 8. The number of hydrogen-bond donors (Lipinski definition) is 0. The van der Waals surface area contributed by atoms with Gasteiger partial charge in [0.25, 0.3) is 0 Å². The molecular formula is C11H19KOS2. The van der Waals surface area contributed by atoms with Gasteiger partial charge in [0.1, 0.15) is 0 Å². The van der Waals surface area contributed by atoms with Crippen LogP contribution < -0.4 is 51.4 Å². The summed E-state index contributed by atoms with van der Waals surface area (Å²) < 4.78 is 5.02.